The van der Waals surface area contributed by atoms with Gasteiger partial charge in [-0.15, -0.1) is 0 Å². The van der Waals surface area contributed by atoms with Crippen LogP contribution >= 0.6 is 0 Å². The molecular weight excluding hydrogens is 138 g/mol. The van der Waals surface area contributed by atoms with Gasteiger partial charge in [-0.3, -0.25) is 5.43 Å². The van der Waals surface area contributed by atoms with Crippen LogP contribution in [0.5, 0.6) is 0 Å². The highest BCUT2D eigenvalue weighted by Gasteiger charge is 2.15. The number of nitrogens with one attached hydrogen (secondary N) is 1. The van der Waals surface area contributed by atoms with Gasteiger partial charge in [-0.2, -0.15) is 5.10 Å². The van der Waals surface area contributed by atoms with E-state index in [9.17, 15) is 0 Å². The zero-order valence-electron chi connectivity index (χ0n) is 7.59. The Labute approximate surface area is 68.5 Å². The second kappa shape index (κ2) is 3.60. The van der Waals surface area contributed by atoms with Crippen LogP contribution in [0.3, 0.4) is 0 Å². The molecule has 0 fully saturated rings. The Morgan fingerprint density at radius 2 is 2.36 bits per heavy atom. The summed E-state index contributed by atoms with van der Waals surface area (Å²) in [6.07, 6.45) is 1.08. The summed E-state index contributed by atoms with van der Waals surface area (Å²) < 4.78 is 0. The average Bonchev–Trinajstić information content (AvgIpc) is 2.34. The third-order valence-electron chi connectivity index (χ3n) is 1.81. The van der Waals surface area contributed by atoms with Gasteiger partial charge in [-0.25, -0.2) is 0 Å². The molecule has 0 spiro atoms. The molecule has 0 atom stereocenters. The number of nitrogens with zero attached hydrogens (tertiary/aromatic N) is 2. The van der Waals surface area contributed by atoms with Gasteiger partial charge in [0, 0.05) is 13.0 Å². The topological polar surface area (TPSA) is 27.6 Å². The molecule has 0 saturated heterocycles. The molecule has 11 heavy (non-hydrogen) atoms. The van der Waals surface area contributed by atoms with Crippen molar-refractivity contribution in [2.45, 2.75) is 27.2 Å². The van der Waals surface area contributed by atoms with Crippen LogP contribution in [0.25, 0.3) is 0 Å². The van der Waals surface area contributed by atoms with Crippen molar-refractivity contribution in [1.29, 1.82) is 0 Å². The molecule has 0 aromatic rings. The summed E-state index contributed by atoms with van der Waals surface area (Å²) in [5.41, 5.74) is 2.99. The van der Waals surface area contributed by atoms with Gasteiger partial charge >= 0.3 is 0 Å². The van der Waals surface area contributed by atoms with Crippen molar-refractivity contribution in [1.82, 2.24) is 10.3 Å². The fourth-order valence-electron chi connectivity index (χ4n) is 1.21. The predicted octanol–water partition coefficient (Wildman–Crippen LogP) is 1.23. The monoisotopic (exact) mass is 155 g/mol. The molecule has 1 aliphatic rings. The fourth-order valence-corrected chi connectivity index (χ4v) is 1.21. The lowest BCUT2D eigenvalue weighted by atomic mass is 10.1. The van der Waals surface area contributed by atoms with Crippen molar-refractivity contribution in [3.8, 4) is 0 Å². The zero-order valence-corrected chi connectivity index (χ0v) is 7.59. The summed E-state index contributed by atoms with van der Waals surface area (Å²) >= 11 is 0. The first-order chi connectivity index (χ1) is 5.24. The number of hydrazone groups is 1. The molecule has 1 rings (SSSR count). The van der Waals surface area contributed by atoms with Gasteiger partial charge in [0.25, 0.3) is 0 Å². The van der Waals surface area contributed by atoms with Crippen molar-refractivity contribution in [2.75, 3.05) is 13.2 Å². The van der Waals surface area contributed by atoms with Gasteiger partial charge in [0.2, 0.25) is 0 Å². The van der Waals surface area contributed by atoms with Gasteiger partial charge in [-0.05, 0) is 12.8 Å². The largest absolute Gasteiger partial charge is 0.340 e. The van der Waals surface area contributed by atoms with Gasteiger partial charge in [0.1, 0.15) is 12.5 Å². The molecule has 0 aromatic heterocycles. The summed E-state index contributed by atoms with van der Waals surface area (Å²) in [7, 11) is 0. The third-order valence-corrected chi connectivity index (χ3v) is 1.81. The molecule has 3 nitrogen and oxygen atoms in total. The summed E-state index contributed by atoms with van der Waals surface area (Å²) in [5.74, 6) is 1.91. The minimum Gasteiger partial charge on any atom is -0.340 e. The minimum atomic E-state index is 0.697. The molecule has 3 heteroatoms. The van der Waals surface area contributed by atoms with Crippen molar-refractivity contribution >= 4 is 5.84 Å². The predicted molar refractivity (Wildman–Crippen MR) is 47.3 cm³/mol. The van der Waals surface area contributed by atoms with E-state index in [2.05, 4.69) is 36.2 Å². The number of amidine groups is 1. The molecular formula is C8H17N3. The van der Waals surface area contributed by atoms with Crippen molar-refractivity contribution in [2.24, 2.45) is 11.0 Å². The Balaban J connectivity index is 2.43. The van der Waals surface area contributed by atoms with Gasteiger partial charge < -0.3 is 4.90 Å². The maximum atomic E-state index is 4.22. The first kappa shape index (κ1) is 8.37. The van der Waals surface area contributed by atoms with Crippen molar-refractivity contribution < 1.29 is 0 Å². The normalized spacial score (nSPS) is 17.1. The number of rotatable bonds is 3. The molecule has 0 amide bonds. The quantitative estimate of drug-likeness (QED) is 0.663. The molecule has 0 unspecified atom stereocenters. The summed E-state index contributed by atoms with van der Waals surface area (Å²) in [6.45, 7) is 8.53. The third kappa shape index (κ3) is 2.10. The van der Waals surface area contributed by atoms with Gasteiger partial charge in [0.15, 0.2) is 0 Å². The standard InChI is InChI=1S/C8H17N3/c1-4-11-6-9-10-8(11)5-7(2)3/h7,9H,4-6H2,1-3H3. The molecule has 1 heterocycles. The van der Waals surface area contributed by atoms with Crippen LogP contribution in [0.2, 0.25) is 0 Å². The lowest BCUT2D eigenvalue weighted by Crippen LogP contribution is -2.29. The average molecular weight is 155 g/mol. The van der Waals surface area contributed by atoms with E-state index >= 15 is 0 Å². The van der Waals surface area contributed by atoms with Crippen LogP contribution in [-0.4, -0.2) is 23.9 Å². The molecule has 0 bridgehead atoms. The summed E-state index contributed by atoms with van der Waals surface area (Å²) in [6, 6.07) is 0. The van der Waals surface area contributed by atoms with E-state index < -0.39 is 0 Å². The van der Waals surface area contributed by atoms with Gasteiger partial charge in [0.05, 0.1) is 0 Å². The van der Waals surface area contributed by atoms with Crippen LogP contribution in [0.1, 0.15) is 27.2 Å². The first-order valence-electron chi connectivity index (χ1n) is 4.28. The molecule has 0 aromatic carbocycles. The van der Waals surface area contributed by atoms with Crippen molar-refractivity contribution in [3.63, 3.8) is 0 Å². The summed E-state index contributed by atoms with van der Waals surface area (Å²) in [4.78, 5) is 2.26. The molecule has 0 aliphatic carbocycles. The maximum Gasteiger partial charge on any atom is 0.126 e. The van der Waals surface area contributed by atoms with E-state index in [1.165, 1.54) is 5.84 Å². The van der Waals surface area contributed by atoms with Crippen LogP contribution in [-0.2, 0) is 0 Å². The van der Waals surface area contributed by atoms with Crippen LogP contribution in [0, 0.1) is 5.92 Å². The Morgan fingerprint density at radius 1 is 1.64 bits per heavy atom. The fraction of sp³-hybridized carbons (Fsp3) is 0.875. The van der Waals surface area contributed by atoms with E-state index in [-0.39, 0.29) is 0 Å². The van der Waals surface area contributed by atoms with E-state index in [0.29, 0.717) is 5.92 Å². The summed E-state index contributed by atoms with van der Waals surface area (Å²) in [5, 5.41) is 4.22. The first-order valence-corrected chi connectivity index (χ1v) is 4.28. The Morgan fingerprint density at radius 3 is 2.91 bits per heavy atom. The highest BCUT2D eigenvalue weighted by Crippen LogP contribution is 2.07. The van der Waals surface area contributed by atoms with Crippen molar-refractivity contribution in [3.05, 3.63) is 0 Å². The second-order valence-corrected chi connectivity index (χ2v) is 3.30. The van der Waals surface area contributed by atoms with E-state index in [4.69, 9.17) is 0 Å². The number of hydrogen-bond acceptors (Lipinski definition) is 3. The molecule has 1 N–H and O–H groups in total. The lowest BCUT2D eigenvalue weighted by Gasteiger charge is -2.17. The second-order valence-electron chi connectivity index (χ2n) is 3.30. The smallest absolute Gasteiger partial charge is 0.126 e. The Bertz CT molecular complexity index is 151. The minimum absolute atomic E-state index is 0.697. The molecule has 64 valence electrons. The van der Waals surface area contributed by atoms with E-state index in [1.807, 2.05) is 0 Å². The highest BCUT2D eigenvalue weighted by molar-refractivity contribution is 5.83. The lowest BCUT2D eigenvalue weighted by molar-refractivity contribution is 0.433. The van der Waals surface area contributed by atoms with E-state index in [1.54, 1.807) is 0 Å². The highest BCUT2D eigenvalue weighted by atomic mass is 15.5. The zero-order chi connectivity index (χ0) is 8.27. The number of hydrogen-bond donors (Lipinski definition) is 1. The van der Waals surface area contributed by atoms with Gasteiger partial charge in [-0.1, -0.05) is 13.8 Å². The SMILES string of the molecule is CCN1CNN=C1CC(C)C. The van der Waals surface area contributed by atoms with Crippen LogP contribution < -0.4 is 5.43 Å². The Kier molecular flexibility index (Phi) is 2.74. The molecule has 1 aliphatic heterocycles. The van der Waals surface area contributed by atoms with E-state index in [0.717, 1.165) is 19.6 Å². The maximum absolute atomic E-state index is 4.22. The molecule has 0 saturated carbocycles. The van der Waals surface area contributed by atoms with Crippen LogP contribution in [0.4, 0.5) is 0 Å². The molecule has 0 radical (unpaired) electrons. The van der Waals surface area contributed by atoms with Crippen LogP contribution in [0.15, 0.2) is 5.10 Å². The Hall–Kier alpha value is -0.730.